The number of aromatic amines is 1. The van der Waals surface area contributed by atoms with E-state index in [2.05, 4.69) is 9.98 Å². The molecule has 0 bridgehead atoms. The molecule has 0 aromatic carbocycles. The molecule has 1 aliphatic heterocycles. The van der Waals surface area contributed by atoms with Crippen LogP contribution in [-0.2, 0) is 6.42 Å². The molecule has 10 heavy (non-hydrogen) atoms. The fourth-order valence-electron chi connectivity index (χ4n) is 1.10. The number of hydrogen-bond acceptors (Lipinski definition) is 1. The average Bonchev–Trinajstić information content (AvgIpc) is 2.33. The topological polar surface area (TPSA) is 28.1 Å². The Kier molecular flexibility index (Phi) is 1.27. The van der Waals surface area contributed by atoms with Crippen molar-refractivity contribution in [1.29, 1.82) is 0 Å². The molecule has 1 aliphatic rings. The van der Waals surface area contributed by atoms with E-state index in [9.17, 15) is 0 Å². The maximum absolute atomic E-state index is 5.78. The van der Waals surface area contributed by atoms with E-state index in [1.807, 2.05) is 18.5 Å². The Morgan fingerprint density at radius 3 is 3.50 bits per heavy atom. The molecular formula is C7H7ClN2. The van der Waals surface area contributed by atoms with Crippen LogP contribution in [0.3, 0.4) is 0 Å². The molecule has 1 N–H and O–H groups in total. The van der Waals surface area contributed by atoms with Crippen LogP contribution >= 0.6 is 11.6 Å². The number of fused-ring (bicyclic) bond motifs is 1. The molecular weight excluding hydrogens is 148 g/mol. The van der Waals surface area contributed by atoms with Gasteiger partial charge in [0.1, 0.15) is 5.50 Å². The third-order valence-corrected chi connectivity index (χ3v) is 1.88. The fourth-order valence-corrected chi connectivity index (χ4v) is 1.31. The number of H-pyrrole nitrogens is 1. The molecule has 1 unspecified atom stereocenters. The van der Waals surface area contributed by atoms with Gasteiger partial charge in [-0.15, -0.1) is 0 Å². The minimum atomic E-state index is -0.0776. The molecule has 0 saturated heterocycles. The normalized spacial score (nSPS) is 22.7. The number of rotatable bonds is 0. The largest absolute Gasteiger partial charge is 0.364 e. The van der Waals surface area contributed by atoms with Crippen molar-refractivity contribution in [1.82, 2.24) is 4.98 Å². The summed E-state index contributed by atoms with van der Waals surface area (Å²) in [4.78, 5) is 7.18. The summed E-state index contributed by atoms with van der Waals surface area (Å²) in [5.41, 5.74) is 2.28. The standard InChI is InChI=1S/C7H7ClN2/c8-7-3-6-5(4-10-7)1-2-9-6/h1-2,4,7,9H,3H2. The van der Waals surface area contributed by atoms with Crippen molar-refractivity contribution in [2.24, 2.45) is 4.99 Å². The summed E-state index contributed by atoms with van der Waals surface area (Å²) in [6.07, 6.45) is 4.54. The van der Waals surface area contributed by atoms with E-state index in [0.29, 0.717) is 0 Å². The molecule has 0 saturated carbocycles. The minimum absolute atomic E-state index is 0.0776. The molecule has 0 aliphatic carbocycles. The Morgan fingerprint density at radius 2 is 2.60 bits per heavy atom. The first-order valence-corrected chi connectivity index (χ1v) is 3.63. The van der Waals surface area contributed by atoms with Gasteiger partial charge in [-0.1, -0.05) is 11.6 Å². The zero-order valence-corrected chi connectivity index (χ0v) is 6.10. The summed E-state index contributed by atoms with van der Waals surface area (Å²) in [6.45, 7) is 0. The van der Waals surface area contributed by atoms with Crippen molar-refractivity contribution >= 4 is 17.8 Å². The fraction of sp³-hybridized carbons (Fsp3) is 0.286. The van der Waals surface area contributed by atoms with E-state index in [1.54, 1.807) is 0 Å². The van der Waals surface area contributed by atoms with Gasteiger partial charge >= 0.3 is 0 Å². The molecule has 0 radical (unpaired) electrons. The lowest BCUT2D eigenvalue weighted by Gasteiger charge is -2.08. The van der Waals surface area contributed by atoms with Gasteiger partial charge < -0.3 is 4.98 Å². The summed E-state index contributed by atoms with van der Waals surface area (Å²) in [6, 6.07) is 2.00. The van der Waals surface area contributed by atoms with Crippen LogP contribution in [0.2, 0.25) is 0 Å². The molecule has 0 fully saturated rings. The maximum atomic E-state index is 5.78. The number of nitrogens with zero attached hydrogens (tertiary/aromatic N) is 1. The van der Waals surface area contributed by atoms with Gasteiger partial charge in [-0.25, -0.2) is 0 Å². The van der Waals surface area contributed by atoms with Crippen molar-refractivity contribution < 1.29 is 0 Å². The SMILES string of the molecule is ClC1Cc2[nH]ccc2C=N1. The molecule has 2 heterocycles. The van der Waals surface area contributed by atoms with Crippen LogP contribution in [0.5, 0.6) is 0 Å². The summed E-state index contributed by atoms with van der Waals surface area (Å²) < 4.78 is 0. The van der Waals surface area contributed by atoms with E-state index >= 15 is 0 Å². The van der Waals surface area contributed by atoms with E-state index in [4.69, 9.17) is 11.6 Å². The van der Waals surface area contributed by atoms with Gasteiger partial charge in [-0.3, -0.25) is 4.99 Å². The molecule has 1 aromatic rings. The third kappa shape index (κ3) is 0.847. The van der Waals surface area contributed by atoms with E-state index in [0.717, 1.165) is 12.0 Å². The number of hydrogen-bond donors (Lipinski definition) is 1. The highest BCUT2D eigenvalue weighted by atomic mass is 35.5. The Bertz CT molecular complexity index is 264. The van der Waals surface area contributed by atoms with E-state index in [-0.39, 0.29) is 5.50 Å². The highest BCUT2D eigenvalue weighted by Crippen LogP contribution is 2.15. The Morgan fingerprint density at radius 1 is 1.70 bits per heavy atom. The molecule has 3 heteroatoms. The van der Waals surface area contributed by atoms with Crippen molar-refractivity contribution in [2.45, 2.75) is 11.9 Å². The number of aliphatic imine (C=N–C) groups is 1. The second kappa shape index (κ2) is 2.13. The Hall–Kier alpha value is -0.760. The van der Waals surface area contributed by atoms with Gasteiger partial charge in [0.15, 0.2) is 0 Å². The highest BCUT2D eigenvalue weighted by Gasteiger charge is 2.11. The molecule has 2 rings (SSSR count). The number of aromatic nitrogens is 1. The van der Waals surface area contributed by atoms with Gasteiger partial charge in [0.2, 0.25) is 0 Å². The van der Waals surface area contributed by atoms with Gasteiger partial charge in [0.05, 0.1) is 0 Å². The summed E-state index contributed by atoms with van der Waals surface area (Å²) in [5.74, 6) is 0. The molecule has 0 spiro atoms. The van der Waals surface area contributed by atoms with Crippen LogP contribution in [0, 0.1) is 0 Å². The molecule has 52 valence electrons. The van der Waals surface area contributed by atoms with Gasteiger partial charge in [0, 0.05) is 30.1 Å². The predicted octanol–water partition coefficient (Wildman–Crippen LogP) is 1.55. The average molecular weight is 155 g/mol. The number of alkyl halides is 1. The molecule has 0 amide bonds. The van der Waals surface area contributed by atoms with Crippen molar-refractivity contribution in [3.8, 4) is 0 Å². The van der Waals surface area contributed by atoms with Crippen LogP contribution in [0.15, 0.2) is 17.3 Å². The quantitative estimate of drug-likeness (QED) is 0.434. The third-order valence-electron chi connectivity index (χ3n) is 1.62. The lowest BCUT2D eigenvalue weighted by molar-refractivity contribution is 0.854. The van der Waals surface area contributed by atoms with Crippen molar-refractivity contribution in [3.05, 3.63) is 23.5 Å². The molecule has 1 aromatic heterocycles. The van der Waals surface area contributed by atoms with Crippen molar-refractivity contribution in [2.75, 3.05) is 0 Å². The first kappa shape index (κ1) is 5.98. The van der Waals surface area contributed by atoms with Crippen LogP contribution in [-0.4, -0.2) is 16.7 Å². The summed E-state index contributed by atoms with van der Waals surface area (Å²) in [7, 11) is 0. The zero-order valence-electron chi connectivity index (χ0n) is 5.34. The van der Waals surface area contributed by atoms with Crippen LogP contribution in [0.4, 0.5) is 0 Å². The monoisotopic (exact) mass is 154 g/mol. The second-order valence-electron chi connectivity index (χ2n) is 2.33. The number of nitrogens with one attached hydrogen (secondary N) is 1. The maximum Gasteiger partial charge on any atom is 0.129 e. The first-order chi connectivity index (χ1) is 4.86. The molecule has 1 atom stereocenters. The van der Waals surface area contributed by atoms with Gasteiger partial charge in [-0.2, -0.15) is 0 Å². The lowest BCUT2D eigenvalue weighted by atomic mass is 10.2. The summed E-state index contributed by atoms with van der Waals surface area (Å²) >= 11 is 5.78. The smallest absolute Gasteiger partial charge is 0.129 e. The minimum Gasteiger partial charge on any atom is -0.364 e. The van der Waals surface area contributed by atoms with Crippen LogP contribution in [0.25, 0.3) is 0 Å². The number of halogens is 1. The van der Waals surface area contributed by atoms with Gasteiger partial charge in [0.25, 0.3) is 0 Å². The Balaban J connectivity index is 2.43. The highest BCUT2D eigenvalue weighted by molar-refractivity contribution is 6.21. The molecule has 2 nitrogen and oxygen atoms in total. The van der Waals surface area contributed by atoms with Crippen molar-refractivity contribution in [3.63, 3.8) is 0 Å². The van der Waals surface area contributed by atoms with Crippen LogP contribution < -0.4 is 0 Å². The first-order valence-electron chi connectivity index (χ1n) is 3.20. The second-order valence-corrected chi connectivity index (χ2v) is 2.83. The predicted molar refractivity (Wildman–Crippen MR) is 41.7 cm³/mol. The zero-order chi connectivity index (χ0) is 6.97. The Labute approximate surface area is 63.9 Å². The van der Waals surface area contributed by atoms with Crippen LogP contribution in [0.1, 0.15) is 11.3 Å². The summed E-state index contributed by atoms with van der Waals surface area (Å²) in [5, 5.41) is 0. The van der Waals surface area contributed by atoms with Gasteiger partial charge in [-0.05, 0) is 6.07 Å². The lowest BCUT2D eigenvalue weighted by Crippen LogP contribution is -2.07. The van der Waals surface area contributed by atoms with E-state index < -0.39 is 0 Å². The van der Waals surface area contributed by atoms with E-state index in [1.165, 1.54) is 5.69 Å².